The van der Waals surface area contributed by atoms with Crippen LogP contribution in [0.1, 0.15) is 5.56 Å². The lowest BCUT2D eigenvalue weighted by atomic mass is 10.1. The SMILES string of the molecule is O=C(CO)[C@@H](O)[C@H](O)CNCc1ccc2ccccc2c1. The average molecular weight is 289 g/mol. The molecule has 4 N–H and O–H groups in total. The molecule has 0 aliphatic carbocycles. The molecule has 0 saturated heterocycles. The van der Waals surface area contributed by atoms with Gasteiger partial charge < -0.3 is 20.6 Å². The number of rotatable bonds is 7. The Kier molecular flexibility index (Phi) is 5.41. The first kappa shape index (κ1) is 15.6. The topological polar surface area (TPSA) is 89.8 Å². The van der Waals surface area contributed by atoms with E-state index in [9.17, 15) is 15.0 Å². The highest BCUT2D eigenvalue weighted by atomic mass is 16.3. The van der Waals surface area contributed by atoms with E-state index in [1.807, 2.05) is 42.5 Å². The number of carbonyl (C=O) groups excluding carboxylic acids is 1. The number of Topliss-reactive ketones (excluding diaryl/α,β-unsaturated/α-hetero) is 1. The van der Waals surface area contributed by atoms with Crippen LogP contribution < -0.4 is 5.32 Å². The van der Waals surface area contributed by atoms with Gasteiger partial charge in [0, 0.05) is 13.1 Å². The van der Waals surface area contributed by atoms with Crippen molar-refractivity contribution in [2.24, 2.45) is 0 Å². The van der Waals surface area contributed by atoms with Crippen molar-refractivity contribution in [3.05, 3.63) is 48.0 Å². The summed E-state index contributed by atoms with van der Waals surface area (Å²) in [5.41, 5.74) is 1.05. The smallest absolute Gasteiger partial charge is 0.189 e. The van der Waals surface area contributed by atoms with E-state index in [0.717, 1.165) is 16.3 Å². The summed E-state index contributed by atoms with van der Waals surface area (Å²) in [4.78, 5) is 11.0. The fourth-order valence-corrected chi connectivity index (χ4v) is 2.13. The standard InChI is InChI=1S/C16H19NO4/c18-10-15(20)16(21)14(19)9-17-8-11-5-6-12-3-1-2-4-13(12)7-11/h1-7,14,16-19,21H,8-10H2/t14-,16+/m1/s1. The van der Waals surface area contributed by atoms with Crippen molar-refractivity contribution < 1.29 is 20.1 Å². The highest BCUT2D eigenvalue weighted by molar-refractivity contribution is 5.84. The van der Waals surface area contributed by atoms with Crippen LogP contribution in [0, 0.1) is 0 Å². The van der Waals surface area contributed by atoms with E-state index in [1.165, 1.54) is 0 Å². The number of benzene rings is 2. The van der Waals surface area contributed by atoms with E-state index in [2.05, 4.69) is 5.32 Å². The quantitative estimate of drug-likeness (QED) is 0.585. The Bertz CT molecular complexity index is 614. The summed E-state index contributed by atoms with van der Waals surface area (Å²) in [5, 5.41) is 32.9. The van der Waals surface area contributed by atoms with Gasteiger partial charge in [0.2, 0.25) is 0 Å². The van der Waals surface area contributed by atoms with Crippen LogP contribution in [0.25, 0.3) is 10.8 Å². The van der Waals surface area contributed by atoms with Gasteiger partial charge in [-0.3, -0.25) is 4.79 Å². The normalized spacial score (nSPS) is 14.0. The van der Waals surface area contributed by atoms with Crippen LogP contribution in [0.15, 0.2) is 42.5 Å². The molecule has 0 aliphatic heterocycles. The summed E-state index contributed by atoms with van der Waals surface area (Å²) in [5.74, 6) is -0.782. The molecule has 0 heterocycles. The second kappa shape index (κ2) is 7.28. The zero-order valence-electron chi connectivity index (χ0n) is 11.6. The Morgan fingerprint density at radius 2 is 1.81 bits per heavy atom. The van der Waals surface area contributed by atoms with Crippen molar-refractivity contribution in [2.45, 2.75) is 18.8 Å². The molecule has 2 aromatic carbocycles. The minimum Gasteiger partial charge on any atom is -0.389 e. The summed E-state index contributed by atoms with van der Waals surface area (Å²) in [6.07, 6.45) is -2.79. The highest BCUT2D eigenvalue weighted by Gasteiger charge is 2.22. The molecule has 112 valence electrons. The molecule has 0 radical (unpaired) electrons. The van der Waals surface area contributed by atoms with Gasteiger partial charge in [-0.15, -0.1) is 0 Å². The van der Waals surface area contributed by atoms with Crippen LogP contribution in [0.2, 0.25) is 0 Å². The molecule has 0 bridgehead atoms. The van der Waals surface area contributed by atoms with Crippen molar-refractivity contribution in [1.82, 2.24) is 5.32 Å². The molecular weight excluding hydrogens is 270 g/mol. The summed E-state index contributed by atoms with van der Waals surface area (Å²) in [6.45, 7) is -0.190. The lowest BCUT2D eigenvalue weighted by Gasteiger charge is -2.16. The van der Waals surface area contributed by atoms with Gasteiger partial charge in [-0.25, -0.2) is 0 Å². The molecule has 0 amide bonds. The third kappa shape index (κ3) is 4.09. The molecule has 2 atom stereocenters. The molecule has 0 aliphatic rings. The van der Waals surface area contributed by atoms with E-state index in [0.29, 0.717) is 6.54 Å². The number of hydrogen-bond donors (Lipinski definition) is 4. The second-order valence-corrected chi connectivity index (χ2v) is 4.95. The van der Waals surface area contributed by atoms with Gasteiger partial charge in [0.15, 0.2) is 5.78 Å². The Morgan fingerprint density at radius 3 is 2.52 bits per heavy atom. The van der Waals surface area contributed by atoms with Gasteiger partial charge in [0.25, 0.3) is 0 Å². The van der Waals surface area contributed by atoms with E-state index < -0.39 is 24.6 Å². The van der Waals surface area contributed by atoms with Crippen LogP contribution in [0.5, 0.6) is 0 Å². The van der Waals surface area contributed by atoms with Crippen LogP contribution in [0.4, 0.5) is 0 Å². The van der Waals surface area contributed by atoms with E-state index in [4.69, 9.17) is 5.11 Å². The largest absolute Gasteiger partial charge is 0.389 e. The van der Waals surface area contributed by atoms with Gasteiger partial charge in [0.1, 0.15) is 12.7 Å². The number of aliphatic hydroxyl groups excluding tert-OH is 3. The Hall–Kier alpha value is -1.79. The van der Waals surface area contributed by atoms with E-state index in [-0.39, 0.29) is 6.54 Å². The molecule has 0 saturated carbocycles. The molecular formula is C16H19NO4. The van der Waals surface area contributed by atoms with Crippen molar-refractivity contribution >= 4 is 16.6 Å². The number of hydrogen-bond acceptors (Lipinski definition) is 5. The van der Waals surface area contributed by atoms with Crippen molar-refractivity contribution in [3.63, 3.8) is 0 Å². The van der Waals surface area contributed by atoms with Gasteiger partial charge in [-0.2, -0.15) is 0 Å². The molecule has 21 heavy (non-hydrogen) atoms. The van der Waals surface area contributed by atoms with Gasteiger partial charge in [-0.1, -0.05) is 36.4 Å². The number of ketones is 1. The molecule has 2 rings (SSSR count). The van der Waals surface area contributed by atoms with Crippen molar-refractivity contribution in [3.8, 4) is 0 Å². The predicted octanol–water partition coefficient (Wildman–Crippen LogP) is 0.213. The minimum absolute atomic E-state index is 0.0692. The van der Waals surface area contributed by atoms with Crippen LogP contribution in [-0.4, -0.2) is 46.5 Å². The summed E-state index contributed by atoms with van der Waals surface area (Å²) in [6, 6.07) is 14.1. The third-order valence-electron chi connectivity index (χ3n) is 3.35. The Morgan fingerprint density at radius 1 is 1.10 bits per heavy atom. The lowest BCUT2D eigenvalue weighted by molar-refractivity contribution is -0.135. The number of aliphatic hydroxyl groups is 3. The van der Waals surface area contributed by atoms with Crippen LogP contribution in [-0.2, 0) is 11.3 Å². The molecule has 0 unspecified atom stereocenters. The van der Waals surface area contributed by atoms with Gasteiger partial charge in [-0.05, 0) is 22.4 Å². The van der Waals surface area contributed by atoms with Crippen LogP contribution in [0.3, 0.4) is 0 Å². The monoisotopic (exact) mass is 289 g/mol. The summed E-state index contributed by atoms with van der Waals surface area (Å²) >= 11 is 0. The molecule has 0 spiro atoms. The Balaban J connectivity index is 1.88. The zero-order chi connectivity index (χ0) is 15.2. The minimum atomic E-state index is -1.56. The number of carbonyl (C=O) groups is 1. The lowest BCUT2D eigenvalue weighted by Crippen LogP contribution is -2.42. The summed E-state index contributed by atoms with van der Waals surface area (Å²) < 4.78 is 0. The van der Waals surface area contributed by atoms with Gasteiger partial charge in [0.05, 0.1) is 6.10 Å². The van der Waals surface area contributed by atoms with Crippen molar-refractivity contribution in [2.75, 3.05) is 13.2 Å². The van der Waals surface area contributed by atoms with Gasteiger partial charge >= 0.3 is 0 Å². The predicted molar refractivity (Wildman–Crippen MR) is 79.8 cm³/mol. The molecule has 0 fully saturated rings. The molecule has 5 heteroatoms. The first-order chi connectivity index (χ1) is 10.1. The molecule has 5 nitrogen and oxygen atoms in total. The first-order valence-corrected chi connectivity index (χ1v) is 6.80. The highest BCUT2D eigenvalue weighted by Crippen LogP contribution is 2.15. The maximum absolute atomic E-state index is 11.0. The average Bonchev–Trinajstić information content (AvgIpc) is 2.53. The molecule has 0 aromatic heterocycles. The van der Waals surface area contributed by atoms with Crippen LogP contribution >= 0.6 is 0 Å². The maximum atomic E-state index is 11.0. The maximum Gasteiger partial charge on any atom is 0.189 e. The first-order valence-electron chi connectivity index (χ1n) is 6.80. The second-order valence-electron chi connectivity index (χ2n) is 4.95. The zero-order valence-corrected chi connectivity index (χ0v) is 11.6. The summed E-state index contributed by atoms with van der Waals surface area (Å²) in [7, 11) is 0. The van der Waals surface area contributed by atoms with E-state index in [1.54, 1.807) is 0 Å². The number of fused-ring (bicyclic) bond motifs is 1. The number of nitrogens with one attached hydrogen (secondary N) is 1. The fourth-order valence-electron chi connectivity index (χ4n) is 2.13. The van der Waals surface area contributed by atoms with Crippen molar-refractivity contribution in [1.29, 1.82) is 0 Å². The Labute approximate surface area is 122 Å². The third-order valence-corrected chi connectivity index (χ3v) is 3.35. The molecule has 2 aromatic rings. The van der Waals surface area contributed by atoms with E-state index >= 15 is 0 Å². The fraction of sp³-hybridized carbons (Fsp3) is 0.312.